The number of halogens is 1. The van der Waals surface area contributed by atoms with Crippen LogP contribution in [0.2, 0.25) is 0 Å². The van der Waals surface area contributed by atoms with E-state index in [4.69, 9.17) is 10.8 Å². The molecule has 0 amide bonds. The number of aliphatic hydroxyl groups excluding tert-OH is 1. The molecule has 0 saturated heterocycles. The lowest BCUT2D eigenvalue weighted by Crippen LogP contribution is -2.08. The van der Waals surface area contributed by atoms with Crippen molar-refractivity contribution in [3.63, 3.8) is 0 Å². The maximum Gasteiger partial charge on any atom is 0.0431 e. The number of hydrogen-bond donors (Lipinski definition) is 2. The SMILES string of the molecule is Cc1ccc([C@H](N)CCCO)s1.Cl. The minimum absolute atomic E-state index is 0. The predicted molar refractivity (Wildman–Crippen MR) is 59.6 cm³/mol. The van der Waals surface area contributed by atoms with Gasteiger partial charge >= 0.3 is 0 Å². The van der Waals surface area contributed by atoms with Crippen molar-refractivity contribution in [2.45, 2.75) is 25.8 Å². The Bertz CT molecular complexity index is 239. The summed E-state index contributed by atoms with van der Waals surface area (Å²) in [6.07, 6.45) is 1.66. The Balaban J connectivity index is 0.00000144. The largest absolute Gasteiger partial charge is 0.396 e. The summed E-state index contributed by atoms with van der Waals surface area (Å²) in [6, 6.07) is 4.26. The van der Waals surface area contributed by atoms with E-state index in [9.17, 15) is 0 Å². The first-order valence-electron chi connectivity index (χ1n) is 4.17. The molecule has 2 nitrogen and oxygen atoms in total. The summed E-state index contributed by atoms with van der Waals surface area (Å²) < 4.78 is 0. The third-order valence-electron chi connectivity index (χ3n) is 1.80. The summed E-state index contributed by atoms with van der Waals surface area (Å²) in [4.78, 5) is 2.52. The van der Waals surface area contributed by atoms with Crippen LogP contribution >= 0.6 is 23.7 Å². The molecule has 4 heteroatoms. The first-order valence-corrected chi connectivity index (χ1v) is 4.98. The average molecular weight is 222 g/mol. The van der Waals surface area contributed by atoms with Crippen molar-refractivity contribution in [3.05, 3.63) is 21.9 Å². The van der Waals surface area contributed by atoms with E-state index in [0.717, 1.165) is 12.8 Å². The zero-order valence-electron chi connectivity index (χ0n) is 7.69. The minimum atomic E-state index is 0. The molecule has 0 bridgehead atoms. The smallest absolute Gasteiger partial charge is 0.0431 e. The predicted octanol–water partition coefficient (Wildman–Crippen LogP) is 2.25. The van der Waals surface area contributed by atoms with Crippen LogP contribution in [0.3, 0.4) is 0 Å². The summed E-state index contributed by atoms with van der Waals surface area (Å²) in [6.45, 7) is 2.31. The maximum absolute atomic E-state index is 8.62. The average Bonchev–Trinajstić information content (AvgIpc) is 2.47. The molecule has 1 rings (SSSR count). The van der Waals surface area contributed by atoms with Gasteiger partial charge in [-0.05, 0) is 31.9 Å². The van der Waals surface area contributed by atoms with Gasteiger partial charge < -0.3 is 10.8 Å². The monoisotopic (exact) mass is 221 g/mol. The molecule has 3 N–H and O–H groups in total. The first-order chi connectivity index (χ1) is 5.74. The third-order valence-corrected chi connectivity index (χ3v) is 2.93. The van der Waals surface area contributed by atoms with Crippen molar-refractivity contribution >= 4 is 23.7 Å². The normalized spacial score (nSPS) is 12.2. The van der Waals surface area contributed by atoms with Gasteiger partial charge in [-0.3, -0.25) is 0 Å². The zero-order chi connectivity index (χ0) is 8.97. The molecule has 0 saturated carbocycles. The Kier molecular flexibility index (Phi) is 6.33. The van der Waals surface area contributed by atoms with Gasteiger partial charge in [0.05, 0.1) is 0 Å². The summed E-state index contributed by atoms with van der Waals surface area (Å²) in [5, 5.41) is 8.62. The fraction of sp³-hybridized carbons (Fsp3) is 0.556. The molecule has 76 valence electrons. The van der Waals surface area contributed by atoms with Gasteiger partial charge in [0.1, 0.15) is 0 Å². The van der Waals surface area contributed by atoms with Crippen molar-refractivity contribution in [1.82, 2.24) is 0 Å². The van der Waals surface area contributed by atoms with E-state index in [1.165, 1.54) is 9.75 Å². The van der Waals surface area contributed by atoms with Crippen LogP contribution in [0.5, 0.6) is 0 Å². The molecule has 0 spiro atoms. The Labute approximate surface area is 89.2 Å². The van der Waals surface area contributed by atoms with Crippen molar-refractivity contribution in [1.29, 1.82) is 0 Å². The lowest BCUT2D eigenvalue weighted by atomic mass is 10.1. The molecule has 13 heavy (non-hydrogen) atoms. The van der Waals surface area contributed by atoms with E-state index in [1.54, 1.807) is 11.3 Å². The molecule has 0 radical (unpaired) electrons. The standard InChI is InChI=1S/C9H15NOS.ClH/c1-7-4-5-9(12-7)8(10)3-2-6-11;/h4-5,8,11H,2-3,6,10H2,1H3;1H/t8-;/m1./s1. The second-order valence-electron chi connectivity index (χ2n) is 2.92. The molecule has 1 atom stereocenters. The molecular formula is C9H16ClNOS. The second kappa shape index (κ2) is 6.38. The van der Waals surface area contributed by atoms with E-state index in [1.807, 2.05) is 0 Å². The summed E-state index contributed by atoms with van der Waals surface area (Å²) in [5.74, 6) is 0. The van der Waals surface area contributed by atoms with Crippen LogP contribution in [-0.2, 0) is 0 Å². The Morgan fingerprint density at radius 1 is 1.54 bits per heavy atom. The summed E-state index contributed by atoms with van der Waals surface area (Å²) in [7, 11) is 0. The minimum Gasteiger partial charge on any atom is -0.396 e. The van der Waals surface area contributed by atoms with Gasteiger partial charge in [-0.2, -0.15) is 0 Å². The van der Waals surface area contributed by atoms with Crippen LogP contribution in [0.15, 0.2) is 12.1 Å². The fourth-order valence-electron chi connectivity index (χ4n) is 1.11. The van der Waals surface area contributed by atoms with E-state index in [2.05, 4.69) is 19.1 Å². The molecule has 0 unspecified atom stereocenters. The zero-order valence-corrected chi connectivity index (χ0v) is 9.33. The number of hydrogen-bond acceptors (Lipinski definition) is 3. The van der Waals surface area contributed by atoms with Crippen LogP contribution in [0.1, 0.15) is 28.6 Å². The third kappa shape index (κ3) is 4.09. The van der Waals surface area contributed by atoms with Crippen LogP contribution in [0, 0.1) is 6.92 Å². The molecule has 1 aromatic heterocycles. The highest BCUT2D eigenvalue weighted by molar-refractivity contribution is 7.12. The van der Waals surface area contributed by atoms with Crippen LogP contribution < -0.4 is 5.73 Å². The number of nitrogens with two attached hydrogens (primary N) is 1. The first kappa shape index (κ1) is 12.9. The van der Waals surface area contributed by atoms with Crippen molar-refractivity contribution in [2.75, 3.05) is 6.61 Å². The van der Waals surface area contributed by atoms with Crippen molar-refractivity contribution in [2.24, 2.45) is 5.73 Å². The van der Waals surface area contributed by atoms with Gasteiger partial charge in [0, 0.05) is 22.4 Å². The topological polar surface area (TPSA) is 46.2 Å². The molecule has 0 aliphatic rings. The highest BCUT2D eigenvalue weighted by atomic mass is 35.5. The van der Waals surface area contributed by atoms with E-state index < -0.39 is 0 Å². The van der Waals surface area contributed by atoms with Gasteiger partial charge in [-0.25, -0.2) is 0 Å². The maximum atomic E-state index is 8.62. The van der Waals surface area contributed by atoms with Crippen molar-refractivity contribution < 1.29 is 5.11 Å². The van der Waals surface area contributed by atoms with E-state index in [0.29, 0.717) is 0 Å². The Morgan fingerprint density at radius 3 is 2.69 bits per heavy atom. The fourth-order valence-corrected chi connectivity index (χ4v) is 2.02. The molecular weight excluding hydrogens is 206 g/mol. The lowest BCUT2D eigenvalue weighted by Gasteiger charge is -2.06. The Morgan fingerprint density at radius 2 is 2.23 bits per heavy atom. The lowest BCUT2D eigenvalue weighted by molar-refractivity contribution is 0.280. The number of rotatable bonds is 4. The van der Waals surface area contributed by atoms with Gasteiger partial charge in [-0.15, -0.1) is 23.7 Å². The highest BCUT2D eigenvalue weighted by Crippen LogP contribution is 2.23. The number of aryl methyl sites for hydroxylation is 1. The second-order valence-corrected chi connectivity index (χ2v) is 4.24. The molecule has 0 aromatic carbocycles. The van der Waals surface area contributed by atoms with E-state index in [-0.39, 0.29) is 25.1 Å². The molecule has 0 fully saturated rings. The van der Waals surface area contributed by atoms with Gasteiger partial charge in [0.25, 0.3) is 0 Å². The number of aliphatic hydroxyl groups is 1. The van der Waals surface area contributed by atoms with Crippen LogP contribution in [0.4, 0.5) is 0 Å². The van der Waals surface area contributed by atoms with Gasteiger partial charge in [-0.1, -0.05) is 0 Å². The summed E-state index contributed by atoms with van der Waals surface area (Å²) >= 11 is 1.74. The summed E-state index contributed by atoms with van der Waals surface area (Å²) in [5.41, 5.74) is 5.89. The number of thiophene rings is 1. The highest BCUT2D eigenvalue weighted by Gasteiger charge is 2.06. The molecule has 0 aliphatic carbocycles. The van der Waals surface area contributed by atoms with Gasteiger partial charge in [0.2, 0.25) is 0 Å². The van der Waals surface area contributed by atoms with Crippen molar-refractivity contribution in [3.8, 4) is 0 Å². The molecule has 0 aliphatic heterocycles. The Hall–Kier alpha value is -0.0900. The quantitative estimate of drug-likeness (QED) is 0.820. The van der Waals surface area contributed by atoms with Gasteiger partial charge in [0.15, 0.2) is 0 Å². The van der Waals surface area contributed by atoms with Crippen LogP contribution in [-0.4, -0.2) is 11.7 Å². The molecule has 1 heterocycles. The van der Waals surface area contributed by atoms with Crippen LogP contribution in [0.25, 0.3) is 0 Å². The molecule has 1 aromatic rings. The van der Waals surface area contributed by atoms with E-state index >= 15 is 0 Å².